The maximum absolute atomic E-state index is 11.6. The highest BCUT2D eigenvalue weighted by atomic mass is 19.1. The van der Waals surface area contributed by atoms with Gasteiger partial charge in [-0.05, 0) is 0 Å². The molecule has 0 aromatic heterocycles. The van der Waals surface area contributed by atoms with E-state index in [1.165, 1.54) is 0 Å². The van der Waals surface area contributed by atoms with Gasteiger partial charge in [0, 0.05) is 0 Å². The molecule has 0 radical (unpaired) electrons. The molecule has 0 saturated heterocycles. The highest BCUT2D eigenvalue weighted by Gasteiger charge is 2.29. The molecular formula is C5H9FO5. The van der Waals surface area contributed by atoms with Crippen LogP contribution in [0.3, 0.4) is 0 Å². The largest absolute Gasteiger partial charge is 0.394 e. The zero-order valence-electron chi connectivity index (χ0n) is 5.51. The lowest BCUT2D eigenvalue weighted by Crippen LogP contribution is -2.42. The summed E-state index contributed by atoms with van der Waals surface area (Å²) in [6.07, 6.45) is -6.00. The van der Waals surface area contributed by atoms with Gasteiger partial charge in [0.05, 0.1) is 6.61 Å². The van der Waals surface area contributed by atoms with E-state index in [4.69, 9.17) is 20.4 Å². The van der Waals surface area contributed by atoms with Crippen molar-refractivity contribution in [1.82, 2.24) is 0 Å². The first-order chi connectivity index (χ1) is 5.00. The summed E-state index contributed by atoms with van der Waals surface area (Å²) in [7, 11) is 0. The molecule has 0 spiro atoms. The number of halogens is 1. The van der Waals surface area contributed by atoms with Crippen molar-refractivity contribution in [1.29, 1.82) is 0 Å². The Morgan fingerprint density at radius 3 is 2.09 bits per heavy atom. The normalized spacial score (nSPS) is 19.0. The molecule has 0 rings (SSSR count). The smallest absolute Gasteiger partial charge is 0.332 e. The van der Waals surface area contributed by atoms with Crippen LogP contribution < -0.4 is 0 Å². The molecule has 0 saturated carbocycles. The maximum atomic E-state index is 11.6. The first-order valence-electron chi connectivity index (χ1n) is 2.85. The van der Waals surface area contributed by atoms with Crippen molar-refractivity contribution in [3.8, 4) is 0 Å². The van der Waals surface area contributed by atoms with Crippen molar-refractivity contribution in [3.63, 3.8) is 0 Å². The van der Waals surface area contributed by atoms with Crippen LogP contribution in [0.15, 0.2) is 0 Å². The molecule has 0 fully saturated rings. The third-order valence-corrected chi connectivity index (χ3v) is 1.14. The van der Waals surface area contributed by atoms with E-state index >= 15 is 0 Å². The Labute approximate surface area is 61.7 Å². The molecule has 4 N–H and O–H groups in total. The van der Waals surface area contributed by atoms with Crippen molar-refractivity contribution in [3.05, 3.63) is 0 Å². The van der Waals surface area contributed by atoms with Crippen molar-refractivity contribution < 1.29 is 29.6 Å². The summed E-state index contributed by atoms with van der Waals surface area (Å²) in [5.74, 6) is 0. The van der Waals surface area contributed by atoms with Gasteiger partial charge in [-0.15, -0.1) is 0 Å². The first-order valence-corrected chi connectivity index (χ1v) is 2.85. The summed E-state index contributed by atoms with van der Waals surface area (Å²) in [5.41, 5.74) is 0. The van der Waals surface area contributed by atoms with Crippen LogP contribution in [0.4, 0.5) is 4.39 Å². The molecule has 0 unspecified atom stereocenters. The Bertz CT molecular complexity index is 139. The molecular weight excluding hydrogens is 159 g/mol. The van der Waals surface area contributed by atoms with E-state index in [-0.39, 0.29) is 0 Å². The van der Waals surface area contributed by atoms with Crippen LogP contribution in [0.1, 0.15) is 0 Å². The summed E-state index contributed by atoms with van der Waals surface area (Å²) in [6, 6.07) is -2.15. The average Bonchev–Trinajstić information content (AvgIpc) is 2.00. The number of aliphatic hydroxyl groups is 4. The number of carbonyl (C=O) groups excluding carboxylic acids is 1. The molecule has 0 aromatic carbocycles. The Hall–Kier alpha value is -0.560. The molecule has 11 heavy (non-hydrogen) atoms. The van der Waals surface area contributed by atoms with Crippen LogP contribution in [0, 0.1) is 0 Å². The van der Waals surface area contributed by atoms with E-state index in [0.717, 1.165) is 0 Å². The van der Waals surface area contributed by atoms with Crippen LogP contribution in [0.5, 0.6) is 0 Å². The van der Waals surface area contributed by atoms with E-state index < -0.39 is 31.0 Å². The monoisotopic (exact) mass is 168 g/mol. The fourth-order valence-corrected chi connectivity index (χ4v) is 0.453. The van der Waals surface area contributed by atoms with Crippen LogP contribution >= 0.6 is 0 Å². The third kappa shape index (κ3) is 2.89. The summed E-state index contributed by atoms with van der Waals surface area (Å²) < 4.78 is 11.6. The zero-order chi connectivity index (χ0) is 9.02. The van der Waals surface area contributed by atoms with Crippen LogP contribution in [0.25, 0.3) is 0 Å². The minimum atomic E-state index is -2.29. The van der Waals surface area contributed by atoms with Gasteiger partial charge in [0.25, 0.3) is 0 Å². The molecule has 0 aliphatic rings. The van der Waals surface area contributed by atoms with Gasteiger partial charge in [-0.25, -0.2) is 0 Å². The Balaban J connectivity index is 4.00. The summed E-state index contributed by atoms with van der Waals surface area (Å²) >= 11 is 0. The molecule has 66 valence electrons. The SMILES string of the molecule is O=C(F)[C@H](O)[C@@H](O)[C@H](O)CO. The van der Waals surface area contributed by atoms with Gasteiger partial charge >= 0.3 is 6.04 Å². The summed E-state index contributed by atoms with van der Waals surface area (Å²) in [4.78, 5) is 9.74. The minimum absolute atomic E-state index is 0.856. The summed E-state index contributed by atoms with van der Waals surface area (Å²) in [5, 5.41) is 33.8. The predicted octanol–water partition coefficient (Wildman–Crippen LogP) is -2.44. The molecule has 5 nitrogen and oxygen atoms in total. The van der Waals surface area contributed by atoms with Crippen molar-refractivity contribution >= 4 is 6.04 Å². The van der Waals surface area contributed by atoms with Crippen molar-refractivity contribution in [2.24, 2.45) is 0 Å². The molecule has 0 amide bonds. The van der Waals surface area contributed by atoms with Gasteiger partial charge < -0.3 is 20.4 Å². The highest BCUT2D eigenvalue weighted by molar-refractivity contribution is 5.73. The topological polar surface area (TPSA) is 98.0 Å². The Kier molecular flexibility index (Phi) is 4.12. The van der Waals surface area contributed by atoms with E-state index in [0.29, 0.717) is 0 Å². The van der Waals surface area contributed by atoms with E-state index in [2.05, 4.69) is 0 Å². The molecule has 3 atom stereocenters. The molecule has 0 aliphatic carbocycles. The lowest BCUT2D eigenvalue weighted by molar-refractivity contribution is -0.151. The predicted molar refractivity (Wildman–Crippen MR) is 31.2 cm³/mol. The fourth-order valence-electron chi connectivity index (χ4n) is 0.453. The lowest BCUT2D eigenvalue weighted by Gasteiger charge is -2.17. The average molecular weight is 168 g/mol. The molecule has 0 aliphatic heterocycles. The zero-order valence-corrected chi connectivity index (χ0v) is 5.51. The lowest BCUT2D eigenvalue weighted by atomic mass is 10.1. The second kappa shape index (κ2) is 4.35. The van der Waals surface area contributed by atoms with Gasteiger partial charge in [0.1, 0.15) is 12.2 Å². The maximum Gasteiger partial charge on any atom is 0.332 e. The van der Waals surface area contributed by atoms with E-state index in [1.807, 2.05) is 0 Å². The number of hydrogen-bond donors (Lipinski definition) is 4. The van der Waals surface area contributed by atoms with Gasteiger partial charge in [-0.1, -0.05) is 0 Å². The second-order valence-electron chi connectivity index (χ2n) is 1.99. The van der Waals surface area contributed by atoms with Gasteiger partial charge in [-0.2, -0.15) is 4.39 Å². The van der Waals surface area contributed by atoms with Crippen LogP contribution in [-0.2, 0) is 4.79 Å². The first kappa shape index (κ1) is 10.4. The Morgan fingerprint density at radius 1 is 1.36 bits per heavy atom. The number of carbonyl (C=O) groups is 1. The van der Waals surface area contributed by atoms with Gasteiger partial charge in [0.15, 0.2) is 6.10 Å². The van der Waals surface area contributed by atoms with Crippen LogP contribution in [-0.4, -0.2) is 51.4 Å². The number of rotatable bonds is 4. The van der Waals surface area contributed by atoms with Gasteiger partial charge in [-0.3, -0.25) is 4.79 Å². The van der Waals surface area contributed by atoms with Gasteiger partial charge in [0.2, 0.25) is 0 Å². The summed E-state index contributed by atoms with van der Waals surface area (Å²) in [6.45, 7) is -0.856. The van der Waals surface area contributed by atoms with Crippen LogP contribution in [0.2, 0.25) is 0 Å². The van der Waals surface area contributed by atoms with Crippen molar-refractivity contribution in [2.75, 3.05) is 6.61 Å². The molecule has 6 heteroatoms. The highest BCUT2D eigenvalue weighted by Crippen LogP contribution is 2.01. The quantitative estimate of drug-likeness (QED) is 0.349. The molecule has 0 aromatic rings. The standard InChI is InChI=1S/C5H9FO5/c6-5(11)4(10)3(9)2(8)1-7/h2-4,7-10H,1H2/t2-,3+,4-/m1/s1. The molecule has 0 bridgehead atoms. The minimum Gasteiger partial charge on any atom is -0.394 e. The second-order valence-corrected chi connectivity index (χ2v) is 1.99. The Morgan fingerprint density at radius 2 is 1.82 bits per heavy atom. The van der Waals surface area contributed by atoms with Crippen molar-refractivity contribution in [2.45, 2.75) is 18.3 Å². The third-order valence-electron chi connectivity index (χ3n) is 1.14. The number of aliphatic hydroxyl groups excluding tert-OH is 4. The molecule has 0 heterocycles. The fraction of sp³-hybridized carbons (Fsp3) is 0.800. The van der Waals surface area contributed by atoms with E-state index in [9.17, 15) is 9.18 Å². The van der Waals surface area contributed by atoms with E-state index in [1.54, 1.807) is 0 Å². The number of hydrogen-bond acceptors (Lipinski definition) is 5.